The highest BCUT2D eigenvalue weighted by Gasteiger charge is 2.35. The topological polar surface area (TPSA) is 76.2 Å². The molecule has 0 unspecified atom stereocenters. The van der Waals surface area contributed by atoms with Crippen LogP contribution in [0.15, 0.2) is 35.2 Å². The number of methoxy groups -OCH3 is 2. The Morgan fingerprint density at radius 3 is 2.27 bits per heavy atom. The Labute approximate surface area is 198 Å². The van der Waals surface area contributed by atoms with Crippen molar-refractivity contribution in [2.24, 2.45) is 5.92 Å². The zero-order valence-electron chi connectivity index (χ0n) is 18.5. The van der Waals surface area contributed by atoms with Crippen LogP contribution in [0.3, 0.4) is 0 Å². The van der Waals surface area contributed by atoms with E-state index in [-0.39, 0.29) is 34.8 Å². The smallest absolute Gasteiger partial charge is 0.243 e. The van der Waals surface area contributed by atoms with Gasteiger partial charge in [-0.15, -0.1) is 0 Å². The quantitative estimate of drug-likeness (QED) is 0.633. The van der Waals surface area contributed by atoms with Crippen molar-refractivity contribution in [3.63, 3.8) is 0 Å². The minimum atomic E-state index is -3.80. The molecule has 2 aliphatic rings. The fourth-order valence-electron chi connectivity index (χ4n) is 4.46. The number of hydrogen-bond donors (Lipinski definition) is 0. The minimum Gasteiger partial charge on any atom is -0.493 e. The van der Waals surface area contributed by atoms with E-state index in [1.807, 2.05) is 17.0 Å². The maximum atomic E-state index is 13.4. The van der Waals surface area contributed by atoms with E-state index >= 15 is 0 Å². The molecule has 1 fully saturated rings. The molecular formula is C23H26ClFN2O5S. The largest absolute Gasteiger partial charge is 0.493 e. The summed E-state index contributed by atoms with van der Waals surface area (Å²) in [6, 6.07) is 7.25. The van der Waals surface area contributed by atoms with Gasteiger partial charge in [-0.05, 0) is 60.7 Å². The summed E-state index contributed by atoms with van der Waals surface area (Å²) in [5, 5.41) is -0.235. The van der Waals surface area contributed by atoms with Crippen LogP contribution in [-0.2, 0) is 27.8 Å². The van der Waals surface area contributed by atoms with E-state index in [1.165, 1.54) is 10.4 Å². The molecule has 0 saturated carbocycles. The van der Waals surface area contributed by atoms with Gasteiger partial charge >= 0.3 is 0 Å². The van der Waals surface area contributed by atoms with Gasteiger partial charge in [-0.3, -0.25) is 4.79 Å². The molecule has 0 atom stereocenters. The lowest BCUT2D eigenvalue weighted by Gasteiger charge is -2.36. The maximum Gasteiger partial charge on any atom is 0.243 e. The highest BCUT2D eigenvalue weighted by Crippen LogP contribution is 2.34. The molecule has 0 N–H and O–H groups in total. The third-order valence-electron chi connectivity index (χ3n) is 6.36. The van der Waals surface area contributed by atoms with Gasteiger partial charge in [0.25, 0.3) is 0 Å². The van der Waals surface area contributed by atoms with Crippen molar-refractivity contribution in [3.8, 4) is 11.5 Å². The summed E-state index contributed by atoms with van der Waals surface area (Å²) < 4.78 is 51.3. The van der Waals surface area contributed by atoms with E-state index in [2.05, 4.69) is 0 Å². The van der Waals surface area contributed by atoms with Crippen molar-refractivity contribution in [1.82, 2.24) is 9.21 Å². The first kappa shape index (κ1) is 23.8. The average Bonchev–Trinajstić information content (AvgIpc) is 2.83. The lowest BCUT2D eigenvalue weighted by atomic mass is 9.93. The number of piperidine rings is 1. The Balaban J connectivity index is 1.41. The van der Waals surface area contributed by atoms with Crippen LogP contribution in [0.25, 0.3) is 0 Å². The molecule has 178 valence electrons. The number of nitrogens with zero attached hydrogens (tertiary/aromatic N) is 2. The monoisotopic (exact) mass is 496 g/mol. The van der Waals surface area contributed by atoms with E-state index in [0.717, 1.165) is 29.7 Å². The second kappa shape index (κ2) is 9.48. The summed E-state index contributed by atoms with van der Waals surface area (Å²) >= 11 is 5.76. The molecule has 0 radical (unpaired) electrons. The van der Waals surface area contributed by atoms with Crippen LogP contribution in [0.2, 0.25) is 5.02 Å². The number of halogens is 2. The minimum absolute atomic E-state index is 0.0392. The fourth-order valence-corrected chi connectivity index (χ4v) is 6.20. The van der Waals surface area contributed by atoms with Crippen molar-refractivity contribution < 1.29 is 27.1 Å². The zero-order chi connectivity index (χ0) is 23.8. The summed E-state index contributed by atoms with van der Waals surface area (Å²) in [6.07, 6.45) is 1.59. The van der Waals surface area contributed by atoms with Crippen molar-refractivity contribution in [2.75, 3.05) is 33.9 Å². The molecule has 1 amide bonds. The van der Waals surface area contributed by atoms with Gasteiger partial charge in [0.2, 0.25) is 15.9 Å². The van der Waals surface area contributed by atoms with Crippen molar-refractivity contribution >= 4 is 27.5 Å². The van der Waals surface area contributed by atoms with Gasteiger partial charge < -0.3 is 14.4 Å². The third-order valence-corrected chi connectivity index (χ3v) is 8.55. The molecule has 0 spiro atoms. The van der Waals surface area contributed by atoms with Crippen LogP contribution in [0, 0.1) is 11.7 Å². The number of ether oxygens (including phenoxy) is 2. The molecule has 10 heteroatoms. The molecule has 4 rings (SSSR count). The van der Waals surface area contributed by atoms with Gasteiger partial charge in [-0.25, -0.2) is 12.8 Å². The molecular weight excluding hydrogens is 471 g/mol. The highest BCUT2D eigenvalue weighted by atomic mass is 35.5. The lowest BCUT2D eigenvalue weighted by Crippen LogP contribution is -2.45. The first-order chi connectivity index (χ1) is 15.7. The second-order valence-corrected chi connectivity index (χ2v) is 10.6. The molecule has 2 aromatic carbocycles. The molecule has 2 aromatic rings. The maximum absolute atomic E-state index is 13.4. The molecule has 0 aromatic heterocycles. The summed E-state index contributed by atoms with van der Waals surface area (Å²) in [7, 11) is -0.620. The van der Waals surface area contributed by atoms with Gasteiger partial charge in [0.1, 0.15) is 5.82 Å². The van der Waals surface area contributed by atoms with E-state index in [4.69, 9.17) is 21.1 Å². The average molecular weight is 497 g/mol. The summed E-state index contributed by atoms with van der Waals surface area (Å²) in [6.45, 7) is 1.54. The fraction of sp³-hybridized carbons (Fsp3) is 0.435. The van der Waals surface area contributed by atoms with Gasteiger partial charge in [-0.2, -0.15) is 4.31 Å². The molecule has 0 aliphatic carbocycles. The summed E-state index contributed by atoms with van der Waals surface area (Å²) in [5.41, 5.74) is 2.16. The first-order valence-corrected chi connectivity index (χ1v) is 12.5. The van der Waals surface area contributed by atoms with Crippen LogP contribution in [-0.4, -0.2) is 57.4 Å². The number of hydrogen-bond acceptors (Lipinski definition) is 5. The number of carbonyl (C=O) groups is 1. The van der Waals surface area contributed by atoms with Crippen LogP contribution in [0.1, 0.15) is 24.0 Å². The Morgan fingerprint density at radius 2 is 1.67 bits per heavy atom. The molecule has 2 aliphatic heterocycles. The SMILES string of the molecule is COc1cc2c(cc1OC)CN(C(=O)C1CCN(S(=O)(=O)c3ccc(F)c(Cl)c3)CC1)CC2. The van der Waals surface area contributed by atoms with Crippen molar-refractivity contribution in [1.29, 1.82) is 0 Å². The Morgan fingerprint density at radius 1 is 1.03 bits per heavy atom. The van der Waals surface area contributed by atoms with E-state index in [0.29, 0.717) is 37.4 Å². The lowest BCUT2D eigenvalue weighted by molar-refractivity contribution is -0.137. The third kappa shape index (κ3) is 4.67. The molecule has 7 nitrogen and oxygen atoms in total. The van der Waals surface area contributed by atoms with Gasteiger partial charge in [-0.1, -0.05) is 11.6 Å². The Hall–Kier alpha value is -2.36. The molecule has 0 bridgehead atoms. The highest BCUT2D eigenvalue weighted by molar-refractivity contribution is 7.89. The summed E-state index contributed by atoms with van der Waals surface area (Å²) in [4.78, 5) is 15.0. The van der Waals surface area contributed by atoms with E-state index in [9.17, 15) is 17.6 Å². The molecule has 33 heavy (non-hydrogen) atoms. The van der Waals surface area contributed by atoms with Crippen molar-refractivity contribution in [2.45, 2.75) is 30.7 Å². The zero-order valence-corrected chi connectivity index (χ0v) is 20.1. The standard InChI is InChI=1S/C23H26ClFN2O5S/c1-31-21-11-16-5-8-26(14-17(16)12-22(21)32-2)23(28)15-6-9-27(10-7-15)33(29,30)18-3-4-20(25)19(24)13-18/h3-4,11-13,15H,5-10,14H2,1-2H3. The summed E-state index contributed by atoms with van der Waals surface area (Å²) in [5.74, 6) is 0.434. The number of carbonyl (C=O) groups excluding carboxylic acids is 1. The number of fused-ring (bicyclic) bond motifs is 1. The van der Waals surface area contributed by atoms with Crippen LogP contribution in [0.5, 0.6) is 11.5 Å². The number of amides is 1. The predicted octanol–water partition coefficient (Wildman–Crippen LogP) is 3.48. The number of rotatable bonds is 5. The van der Waals surface area contributed by atoms with E-state index in [1.54, 1.807) is 14.2 Å². The first-order valence-electron chi connectivity index (χ1n) is 10.7. The predicted molar refractivity (Wildman–Crippen MR) is 122 cm³/mol. The van der Waals surface area contributed by atoms with E-state index < -0.39 is 15.8 Å². The number of sulfonamides is 1. The van der Waals surface area contributed by atoms with Gasteiger partial charge in [0.05, 0.1) is 24.1 Å². The second-order valence-electron chi connectivity index (χ2n) is 8.24. The Bertz CT molecular complexity index is 1170. The molecule has 1 saturated heterocycles. The van der Waals surface area contributed by atoms with Gasteiger partial charge in [0.15, 0.2) is 11.5 Å². The molecule has 2 heterocycles. The van der Waals surface area contributed by atoms with Crippen LogP contribution < -0.4 is 9.47 Å². The van der Waals surface area contributed by atoms with Gasteiger partial charge in [0, 0.05) is 32.1 Å². The normalized spacial score (nSPS) is 17.5. The Kier molecular flexibility index (Phi) is 6.83. The van der Waals surface area contributed by atoms with Crippen molar-refractivity contribution in [3.05, 3.63) is 52.3 Å². The number of benzene rings is 2. The van der Waals surface area contributed by atoms with Crippen LogP contribution in [0.4, 0.5) is 4.39 Å². The van der Waals surface area contributed by atoms with Crippen LogP contribution >= 0.6 is 11.6 Å².